The van der Waals surface area contributed by atoms with E-state index in [2.05, 4.69) is 15.1 Å². The summed E-state index contributed by atoms with van der Waals surface area (Å²) in [5.41, 5.74) is 15.1. The number of rotatable bonds is 7. The molecule has 0 saturated carbocycles. The van der Waals surface area contributed by atoms with Crippen molar-refractivity contribution in [3.8, 4) is 0 Å². The van der Waals surface area contributed by atoms with E-state index in [-0.39, 0.29) is 23.7 Å². The van der Waals surface area contributed by atoms with Gasteiger partial charge in [0.1, 0.15) is 5.82 Å². The third-order valence-electron chi connectivity index (χ3n) is 6.04. The third kappa shape index (κ3) is 4.49. The van der Waals surface area contributed by atoms with Gasteiger partial charge in [-0.15, -0.1) is 5.10 Å². The number of nitrogen functional groups attached to an aromatic ring is 1. The molecule has 0 unspecified atom stereocenters. The molecule has 33 heavy (non-hydrogen) atoms. The number of anilines is 1. The lowest BCUT2D eigenvalue weighted by Crippen LogP contribution is -2.35. The van der Waals surface area contributed by atoms with E-state index in [1.165, 1.54) is 16.6 Å². The van der Waals surface area contributed by atoms with Crippen LogP contribution in [0.5, 0.6) is 0 Å². The van der Waals surface area contributed by atoms with Gasteiger partial charge in [-0.1, -0.05) is 12.1 Å². The molecule has 8 nitrogen and oxygen atoms in total. The number of benzene rings is 2. The van der Waals surface area contributed by atoms with Crippen LogP contribution in [0.2, 0.25) is 0 Å². The molecule has 1 atom stereocenters. The van der Waals surface area contributed by atoms with Gasteiger partial charge in [-0.05, 0) is 62.1 Å². The molecule has 2 aromatic heterocycles. The summed E-state index contributed by atoms with van der Waals surface area (Å²) < 4.78 is 15.4. The van der Waals surface area contributed by atoms with Gasteiger partial charge in [0.05, 0.1) is 5.52 Å². The first-order chi connectivity index (χ1) is 15.8. The molecule has 4 aromatic rings. The first-order valence-electron chi connectivity index (χ1n) is 11.0. The maximum Gasteiger partial charge on any atom is 0.253 e. The molecule has 4 N–H and O–H groups in total. The Bertz CT molecular complexity index is 1320. The van der Waals surface area contributed by atoms with E-state index in [0.717, 1.165) is 18.4 Å². The smallest absolute Gasteiger partial charge is 0.253 e. The third-order valence-corrected chi connectivity index (χ3v) is 6.04. The van der Waals surface area contributed by atoms with Crippen LogP contribution >= 0.6 is 0 Å². The van der Waals surface area contributed by atoms with Gasteiger partial charge in [0.25, 0.3) is 5.91 Å². The lowest BCUT2D eigenvalue weighted by Gasteiger charge is -2.25. The molecule has 2 heterocycles. The summed E-state index contributed by atoms with van der Waals surface area (Å²) in [6.45, 7) is 4.26. The summed E-state index contributed by atoms with van der Waals surface area (Å²) in [6, 6.07) is 10.2. The largest absolute Gasteiger partial charge is 0.368 e. The van der Waals surface area contributed by atoms with E-state index in [1.807, 2.05) is 38.2 Å². The standard InChI is InChI=1S/C24H28FN7O/c1-14-11-18(25)12-19-21(14)29-24(27)32-22(19)28-20(30-32)6-4-5-15(2)31(3)23(33)17-9-7-16(13-26)8-10-17/h7-12,15H,4-6,13,26H2,1-3H3,(H2,27,29)/t15-/m0/s1. The summed E-state index contributed by atoms with van der Waals surface area (Å²) >= 11 is 0. The van der Waals surface area contributed by atoms with Crippen molar-refractivity contribution in [2.75, 3.05) is 12.8 Å². The number of hydrogen-bond acceptors (Lipinski definition) is 6. The predicted octanol–water partition coefficient (Wildman–Crippen LogP) is 3.25. The highest BCUT2D eigenvalue weighted by Gasteiger charge is 2.18. The number of hydrogen-bond donors (Lipinski definition) is 2. The van der Waals surface area contributed by atoms with E-state index in [9.17, 15) is 9.18 Å². The average Bonchev–Trinajstić information content (AvgIpc) is 3.24. The van der Waals surface area contributed by atoms with Crippen molar-refractivity contribution in [1.29, 1.82) is 0 Å². The number of halogens is 1. The van der Waals surface area contributed by atoms with E-state index in [4.69, 9.17) is 11.5 Å². The predicted molar refractivity (Wildman–Crippen MR) is 126 cm³/mol. The lowest BCUT2D eigenvalue weighted by molar-refractivity contribution is 0.0735. The second-order valence-corrected chi connectivity index (χ2v) is 8.41. The van der Waals surface area contributed by atoms with Crippen molar-refractivity contribution >= 4 is 28.4 Å². The zero-order valence-electron chi connectivity index (χ0n) is 19.0. The molecule has 1 amide bonds. The number of nitrogens with zero attached hydrogens (tertiary/aromatic N) is 5. The normalized spacial score (nSPS) is 12.4. The molecule has 0 aliphatic heterocycles. The van der Waals surface area contributed by atoms with Gasteiger partial charge < -0.3 is 16.4 Å². The van der Waals surface area contributed by atoms with Crippen molar-refractivity contribution in [2.45, 2.75) is 45.7 Å². The van der Waals surface area contributed by atoms with Crippen molar-refractivity contribution in [3.05, 3.63) is 64.7 Å². The fraction of sp³-hybridized carbons (Fsp3) is 0.333. The van der Waals surface area contributed by atoms with Crippen LogP contribution < -0.4 is 11.5 Å². The SMILES string of the molecule is Cc1cc(F)cc2c1nc(N)n1nc(CCC[C@H](C)N(C)C(=O)c3ccc(CN)cc3)nc21. The molecule has 0 aliphatic rings. The zero-order chi connectivity index (χ0) is 23.7. The van der Waals surface area contributed by atoms with Crippen LogP contribution in [0.3, 0.4) is 0 Å². The molecule has 0 fully saturated rings. The van der Waals surface area contributed by atoms with Crippen LogP contribution in [0.15, 0.2) is 36.4 Å². The van der Waals surface area contributed by atoms with Crippen LogP contribution in [0.25, 0.3) is 16.6 Å². The minimum atomic E-state index is -0.350. The lowest BCUT2D eigenvalue weighted by atomic mass is 10.1. The highest BCUT2D eigenvalue weighted by Crippen LogP contribution is 2.24. The van der Waals surface area contributed by atoms with E-state index >= 15 is 0 Å². The maximum absolute atomic E-state index is 14.0. The van der Waals surface area contributed by atoms with E-state index in [1.54, 1.807) is 11.8 Å². The van der Waals surface area contributed by atoms with Gasteiger partial charge in [0, 0.05) is 37.0 Å². The van der Waals surface area contributed by atoms with Crippen LogP contribution in [-0.2, 0) is 13.0 Å². The summed E-state index contributed by atoms with van der Waals surface area (Å²) in [6.07, 6.45) is 2.16. The number of carbonyl (C=O) groups is 1. The van der Waals surface area contributed by atoms with Crippen molar-refractivity contribution in [2.24, 2.45) is 5.73 Å². The summed E-state index contributed by atoms with van der Waals surface area (Å²) in [5, 5.41) is 5.05. The highest BCUT2D eigenvalue weighted by molar-refractivity contribution is 5.94. The topological polar surface area (TPSA) is 115 Å². The molecule has 172 valence electrons. The van der Waals surface area contributed by atoms with Gasteiger partial charge in [0.2, 0.25) is 5.95 Å². The Hall–Kier alpha value is -3.59. The van der Waals surface area contributed by atoms with Gasteiger partial charge in [-0.3, -0.25) is 4.79 Å². The van der Waals surface area contributed by atoms with Crippen LogP contribution in [0.1, 0.15) is 47.1 Å². The number of aryl methyl sites for hydroxylation is 2. The molecule has 9 heteroatoms. The first kappa shape index (κ1) is 22.6. The zero-order valence-corrected chi connectivity index (χ0v) is 19.0. The van der Waals surface area contributed by atoms with Crippen LogP contribution in [0.4, 0.5) is 10.3 Å². The van der Waals surface area contributed by atoms with E-state index < -0.39 is 0 Å². The van der Waals surface area contributed by atoms with Crippen molar-refractivity contribution in [1.82, 2.24) is 24.5 Å². The summed E-state index contributed by atoms with van der Waals surface area (Å²) in [5.74, 6) is 0.443. The fourth-order valence-electron chi connectivity index (χ4n) is 3.95. The van der Waals surface area contributed by atoms with Gasteiger partial charge in [-0.25, -0.2) is 14.4 Å². The number of amides is 1. The minimum Gasteiger partial charge on any atom is -0.368 e. The van der Waals surface area contributed by atoms with Crippen molar-refractivity contribution < 1.29 is 9.18 Å². The highest BCUT2D eigenvalue weighted by atomic mass is 19.1. The Balaban J connectivity index is 1.44. The van der Waals surface area contributed by atoms with Crippen LogP contribution in [0, 0.1) is 12.7 Å². The first-order valence-corrected chi connectivity index (χ1v) is 11.0. The van der Waals surface area contributed by atoms with E-state index in [0.29, 0.717) is 46.5 Å². The Morgan fingerprint density at radius 1 is 1.21 bits per heavy atom. The quantitative estimate of drug-likeness (QED) is 0.447. The van der Waals surface area contributed by atoms with Crippen molar-refractivity contribution in [3.63, 3.8) is 0 Å². The Morgan fingerprint density at radius 3 is 2.64 bits per heavy atom. The Kier molecular flexibility index (Phi) is 6.24. The van der Waals surface area contributed by atoms with Gasteiger partial charge in [-0.2, -0.15) is 4.52 Å². The average molecular weight is 450 g/mol. The Labute approximate surface area is 191 Å². The monoisotopic (exact) mass is 449 g/mol. The molecule has 0 saturated heterocycles. The molecular weight excluding hydrogens is 421 g/mol. The molecule has 0 radical (unpaired) electrons. The maximum atomic E-state index is 14.0. The Morgan fingerprint density at radius 2 is 1.94 bits per heavy atom. The molecule has 0 bridgehead atoms. The van der Waals surface area contributed by atoms with Gasteiger partial charge >= 0.3 is 0 Å². The number of nitrogens with two attached hydrogens (primary N) is 2. The summed E-state index contributed by atoms with van der Waals surface area (Å²) in [4.78, 5) is 23.5. The molecular formula is C24H28FN7O. The number of carbonyl (C=O) groups excluding carboxylic acids is 1. The summed E-state index contributed by atoms with van der Waals surface area (Å²) in [7, 11) is 1.81. The molecule has 4 rings (SSSR count). The van der Waals surface area contributed by atoms with Gasteiger partial charge in [0.15, 0.2) is 11.5 Å². The van der Waals surface area contributed by atoms with Crippen LogP contribution in [-0.4, -0.2) is 43.5 Å². The fourth-order valence-corrected chi connectivity index (χ4v) is 3.95. The number of aromatic nitrogens is 4. The molecule has 2 aromatic carbocycles. The minimum absolute atomic E-state index is 0.0281. The second kappa shape index (κ2) is 9.11. The molecule has 0 aliphatic carbocycles. The second-order valence-electron chi connectivity index (χ2n) is 8.41. The molecule has 0 spiro atoms. The number of fused-ring (bicyclic) bond motifs is 3.